The molecule has 0 aliphatic heterocycles. The summed E-state index contributed by atoms with van der Waals surface area (Å²) < 4.78 is 64.9. The van der Waals surface area contributed by atoms with Gasteiger partial charge in [-0.05, 0) is 31.0 Å². The number of rotatable bonds is 6. The standard InChI is InChI=1S/C13H19F3N2O2S.ClH/c1-3-12(4-2,9-17)18-21(19,20)11-7-5-6-10(8-11)13(14,15)16;/h5-8,18H,3-4,9,17H2,1-2H3;1H. The van der Waals surface area contributed by atoms with Gasteiger partial charge in [-0.2, -0.15) is 13.2 Å². The van der Waals surface area contributed by atoms with Crippen LogP contribution in [-0.4, -0.2) is 20.5 Å². The van der Waals surface area contributed by atoms with Gasteiger partial charge in [0.2, 0.25) is 10.0 Å². The molecule has 0 unspecified atom stereocenters. The van der Waals surface area contributed by atoms with Crippen molar-refractivity contribution < 1.29 is 21.6 Å². The van der Waals surface area contributed by atoms with E-state index in [9.17, 15) is 21.6 Å². The van der Waals surface area contributed by atoms with Crippen LogP contribution in [0.1, 0.15) is 32.3 Å². The van der Waals surface area contributed by atoms with Crippen LogP contribution >= 0.6 is 12.4 Å². The highest BCUT2D eigenvalue weighted by molar-refractivity contribution is 7.89. The second-order valence-electron chi connectivity index (χ2n) is 4.82. The highest BCUT2D eigenvalue weighted by Crippen LogP contribution is 2.30. The molecule has 3 N–H and O–H groups in total. The molecule has 128 valence electrons. The van der Waals surface area contributed by atoms with Crippen molar-refractivity contribution in [2.45, 2.75) is 43.3 Å². The fourth-order valence-electron chi connectivity index (χ4n) is 1.91. The van der Waals surface area contributed by atoms with Gasteiger partial charge < -0.3 is 5.73 Å². The van der Waals surface area contributed by atoms with E-state index in [1.165, 1.54) is 0 Å². The first-order valence-electron chi connectivity index (χ1n) is 6.51. The van der Waals surface area contributed by atoms with Crippen molar-refractivity contribution in [2.24, 2.45) is 5.73 Å². The normalized spacial score (nSPS) is 12.8. The van der Waals surface area contributed by atoms with E-state index in [-0.39, 0.29) is 19.0 Å². The van der Waals surface area contributed by atoms with Crippen LogP contribution in [0, 0.1) is 0 Å². The minimum absolute atomic E-state index is 0. The van der Waals surface area contributed by atoms with Crippen LogP contribution in [0.3, 0.4) is 0 Å². The molecule has 1 aromatic rings. The van der Waals surface area contributed by atoms with Gasteiger partial charge in [0.15, 0.2) is 0 Å². The molecule has 0 saturated heterocycles. The number of hydrogen-bond donors (Lipinski definition) is 2. The topological polar surface area (TPSA) is 72.2 Å². The molecule has 1 rings (SSSR count). The second-order valence-corrected chi connectivity index (χ2v) is 6.51. The SMILES string of the molecule is CCC(CC)(CN)NS(=O)(=O)c1cccc(C(F)(F)F)c1.Cl. The van der Waals surface area contributed by atoms with E-state index in [2.05, 4.69) is 4.72 Å². The molecule has 9 heteroatoms. The molecule has 0 atom stereocenters. The van der Waals surface area contributed by atoms with Crippen molar-refractivity contribution in [3.8, 4) is 0 Å². The average Bonchev–Trinajstić information content (AvgIpc) is 2.44. The van der Waals surface area contributed by atoms with Gasteiger partial charge in [0.05, 0.1) is 10.5 Å². The lowest BCUT2D eigenvalue weighted by Gasteiger charge is -2.31. The number of alkyl halides is 3. The predicted molar refractivity (Wildman–Crippen MR) is 81.4 cm³/mol. The molecule has 0 bridgehead atoms. The van der Waals surface area contributed by atoms with Crippen molar-refractivity contribution >= 4 is 22.4 Å². The molecular weight excluding hydrogens is 341 g/mol. The van der Waals surface area contributed by atoms with Crippen LogP contribution in [0.15, 0.2) is 29.2 Å². The van der Waals surface area contributed by atoms with Crippen molar-refractivity contribution in [3.05, 3.63) is 29.8 Å². The van der Waals surface area contributed by atoms with E-state index in [4.69, 9.17) is 5.73 Å². The number of nitrogens with one attached hydrogen (secondary N) is 1. The first-order valence-corrected chi connectivity index (χ1v) is 8.00. The predicted octanol–water partition coefficient (Wildman–Crippen LogP) is 2.92. The maximum atomic E-state index is 12.7. The Morgan fingerprint density at radius 3 is 2.14 bits per heavy atom. The maximum absolute atomic E-state index is 12.7. The zero-order valence-corrected chi connectivity index (χ0v) is 13.9. The third-order valence-electron chi connectivity index (χ3n) is 3.57. The van der Waals surface area contributed by atoms with Crippen LogP contribution in [-0.2, 0) is 16.2 Å². The van der Waals surface area contributed by atoms with Gasteiger partial charge >= 0.3 is 6.18 Å². The fourth-order valence-corrected chi connectivity index (χ4v) is 3.51. The molecule has 0 aromatic heterocycles. The molecule has 0 aliphatic carbocycles. The average molecular weight is 361 g/mol. The van der Waals surface area contributed by atoms with E-state index in [0.29, 0.717) is 18.9 Å². The molecule has 0 radical (unpaired) electrons. The third-order valence-corrected chi connectivity index (χ3v) is 5.14. The Labute approximate surface area is 134 Å². The van der Waals surface area contributed by atoms with Crippen LogP contribution < -0.4 is 10.5 Å². The number of nitrogens with two attached hydrogens (primary N) is 1. The minimum atomic E-state index is -4.59. The Balaban J connectivity index is 0.00000441. The van der Waals surface area contributed by atoms with Crippen LogP contribution in [0.5, 0.6) is 0 Å². The van der Waals surface area contributed by atoms with Gasteiger partial charge in [-0.15, -0.1) is 12.4 Å². The number of hydrogen-bond acceptors (Lipinski definition) is 3. The lowest BCUT2D eigenvalue weighted by Crippen LogP contribution is -2.52. The summed E-state index contributed by atoms with van der Waals surface area (Å²) in [5.41, 5.74) is 3.75. The maximum Gasteiger partial charge on any atom is 0.416 e. The zero-order valence-electron chi connectivity index (χ0n) is 12.3. The molecule has 0 fully saturated rings. The van der Waals surface area contributed by atoms with E-state index < -0.39 is 32.2 Å². The molecular formula is C13H20ClF3N2O2S. The highest BCUT2D eigenvalue weighted by atomic mass is 35.5. The largest absolute Gasteiger partial charge is 0.416 e. The molecule has 0 spiro atoms. The number of benzene rings is 1. The van der Waals surface area contributed by atoms with Gasteiger partial charge in [-0.25, -0.2) is 13.1 Å². The summed E-state index contributed by atoms with van der Waals surface area (Å²) in [6.45, 7) is 3.61. The van der Waals surface area contributed by atoms with Gasteiger partial charge in [-0.1, -0.05) is 19.9 Å². The number of halogens is 4. The van der Waals surface area contributed by atoms with Gasteiger partial charge in [0.25, 0.3) is 0 Å². The van der Waals surface area contributed by atoms with Crippen LogP contribution in [0.25, 0.3) is 0 Å². The Morgan fingerprint density at radius 1 is 1.18 bits per heavy atom. The summed E-state index contributed by atoms with van der Waals surface area (Å²) in [5.74, 6) is 0. The Hall–Kier alpha value is -0.830. The van der Waals surface area contributed by atoms with E-state index in [1.807, 2.05) is 0 Å². The lowest BCUT2D eigenvalue weighted by atomic mass is 9.95. The summed E-state index contributed by atoms with van der Waals surface area (Å²) in [6.07, 6.45) is -3.71. The summed E-state index contributed by atoms with van der Waals surface area (Å²) in [5, 5.41) is 0. The zero-order chi connectivity index (χ0) is 16.3. The van der Waals surface area contributed by atoms with Crippen molar-refractivity contribution in [2.75, 3.05) is 6.54 Å². The molecule has 0 saturated carbocycles. The van der Waals surface area contributed by atoms with Crippen LogP contribution in [0.4, 0.5) is 13.2 Å². The summed E-state index contributed by atoms with van der Waals surface area (Å²) in [6, 6.07) is 3.65. The summed E-state index contributed by atoms with van der Waals surface area (Å²) >= 11 is 0. The quantitative estimate of drug-likeness (QED) is 0.819. The van der Waals surface area contributed by atoms with Gasteiger partial charge in [-0.3, -0.25) is 0 Å². The van der Waals surface area contributed by atoms with Gasteiger partial charge in [0, 0.05) is 12.1 Å². The Bertz CT molecular complexity index is 579. The summed E-state index contributed by atoms with van der Waals surface area (Å²) in [7, 11) is -4.07. The first-order chi connectivity index (χ1) is 9.60. The fraction of sp³-hybridized carbons (Fsp3) is 0.538. The molecule has 0 aliphatic rings. The van der Waals surface area contributed by atoms with Crippen molar-refractivity contribution in [3.63, 3.8) is 0 Å². The summed E-state index contributed by atoms with van der Waals surface area (Å²) in [4.78, 5) is -0.419. The minimum Gasteiger partial charge on any atom is -0.329 e. The smallest absolute Gasteiger partial charge is 0.329 e. The monoisotopic (exact) mass is 360 g/mol. The van der Waals surface area contributed by atoms with Crippen molar-refractivity contribution in [1.82, 2.24) is 4.72 Å². The molecule has 22 heavy (non-hydrogen) atoms. The van der Waals surface area contributed by atoms with Gasteiger partial charge in [0.1, 0.15) is 0 Å². The van der Waals surface area contributed by atoms with E-state index in [1.54, 1.807) is 13.8 Å². The third kappa shape index (κ3) is 4.84. The first kappa shape index (κ1) is 21.2. The second kappa shape index (κ2) is 7.63. The number of sulfonamides is 1. The lowest BCUT2D eigenvalue weighted by molar-refractivity contribution is -0.137. The van der Waals surface area contributed by atoms with Crippen LogP contribution in [0.2, 0.25) is 0 Å². The van der Waals surface area contributed by atoms with E-state index in [0.717, 1.165) is 18.2 Å². The molecule has 1 aromatic carbocycles. The molecule has 0 amide bonds. The molecule has 4 nitrogen and oxygen atoms in total. The van der Waals surface area contributed by atoms with E-state index >= 15 is 0 Å². The highest BCUT2D eigenvalue weighted by Gasteiger charge is 2.34. The van der Waals surface area contributed by atoms with Crippen molar-refractivity contribution in [1.29, 1.82) is 0 Å². The Kier molecular flexibility index (Phi) is 7.34. The molecule has 0 heterocycles. The Morgan fingerprint density at radius 2 is 1.73 bits per heavy atom.